The van der Waals surface area contributed by atoms with Gasteiger partial charge >= 0.3 is 6.03 Å². The molecule has 1 aromatic rings. The van der Waals surface area contributed by atoms with Gasteiger partial charge in [-0.25, -0.2) is 13.2 Å². The lowest BCUT2D eigenvalue weighted by Gasteiger charge is -2.28. The van der Waals surface area contributed by atoms with Crippen molar-refractivity contribution >= 4 is 34.4 Å². The molecule has 9 nitrogen and oxygen atoms in total. The van der Waals surface area contributed by atoms with Crippen LogP contribution in [-0.4, -0.2) is 58.0 Å². The van der Waals surface area contributed by atoms with Crippen LogP contribution in [0.5, 0.6) is 5.75 Å². The normalized spacial score (nSPS) is 23.8. The molecule has 0 spiro atoms. The second kappa shape index (κ2) is 7.39. The van der Waals surface area contributed by atoms with Gasteiger partial charge in [0.05, 0.1) is 12.0 Å². The lowest BCUT2D eigenvalue weighted by Crippen LogP contribution is -2.46. The number of rotatable bonds is 4. The van der Waals surface area contributed by atoms with E-state index in [9.17, 15) is 18.0 Å². The Bertz CT molecular complexity index is 825. The Morgan fingerprint density at radius 2 is 1.85 bits per heavy atom. The van der Waals surface area contributed by atoms with Crippen LogP contribution in [0.4, 0.5) is 4.79 Å². The van der Waals surface area contributed by atoms with Gasteiger partial charge in [-0.3, -0.25) is 10.1 Å². The highest BCUT2D eigenvalue weighted by atomic mass is 35.5. The van der Waals surface area contributed by atoms with Crippen LogP contribution >= 0.6 is 12.4 Å². The molecule has 11 heteroatoms. The van der Waals surface area contributed by atoms with Crippen LogP contribution in [0.1, 0.15) is 12.5 Å². The van der Waals surface area contributed by atoms with E-state index in [0.717, 1.165) is 0 Å². The summed E-state index contributed by atoms with van der Waals surface area (Å²) >= 11 is 0. The molecule has 1 aromatic carbocycles. The van der Waals surface area contributed by atoms with Crippen molar-refractivity contribution in [1.29, 1.82) is 0 Å². The Morgan fingerprint density at radius 3 is 2.38 bits per heavy atom. The average molecular weight is 405 g/mol. The fourth-order valence-electron chi connectivity index (χ4n) is 3.00. The third-order valence-electron chi connectivity index (χ3n) is 4.47. The summed E-state index contributed by atoms with van der Waals surface area (Å²) in [6.07, 6.45) is 0. The van der Waals surface area contributed by atoms with E-state index in [1.165, 1.54) is 36.5 Å². The van der Waals surface area contributed by atoms with Gasteiger partial charge in [0.15, 0.2) is 0 Å². The zero-order chi connectivity index (χ0) is 18.2. The molecule has 2 heterocycles. The summed E-state index contributed by atoms with van der Waals surface area (Å²) in [6.45, 7) is 3.42. The van der Waals surface area contributed by atoms with Gasteiger partial charge in [0, 0.05) is 31.7 Å². The molecule has 0 bridgehead atoms. The van der Waals surface area contributed by atoms with Crippen LogP contribution in [0.2, 0.25) is 0 Å². The molecular formula is C15H21ClN4O5S. The number of piperazine rings is 1. The Labute approximate surface area is 157 Å². The summed E-state index contributed by atoms with van der Waals surface area (Å²) in [5.41, 5.74) is -1.12. The zero-order valence-electron chi connectivity index (χ0n) is 14.4. The van der Waals surface area contributed by atoms with Crippen molar-refractivity contribution in [3.8, 4) is 5.75 Å². The summed E-state index contributed by atoms with van der Waals surface area (Å²) in [5, 5.41) is 7.80. The number of urea groups is 1. The number of carbonyl (C=O) groups excluding carboxylic acids is 2. The fourth-order valence-corrected chi connectivity index (χ4v) is 4.47. The van der Waals surface area contributed by atoms with E-state index >= 15 is 0 Å². The van der Waals surface area contributed by atoms with Gasteiger partial charge in [-0.1, -0.05) is 0 Å². The first-order valence-corrected chi connectivity index (χ1v) is 9.26. The van der Waals surface area contributed by atoms with Crippen LogP contribution < -0.4 is 20.7 Å². The van der Waals surface area contributed by atoms with Crippen LogP contribution in [-0.2, 0) is 20.4 Å². The first-order chi connectivity index (χ1) is 11.8. The van der Waals surface area contributed by atoms with Crippen LogP contribution in [0, 0.1) is 0 Å². The minimum Gasteiger partial charge on any atom is -0.496 e. The van der Waals surface area contributed by atoms with E-state index in [4.69, 9.17) is 4.74 Å². The smallest absolute Gasteiger partial charge is 0.322 e. The minimum absolute atomic E-state index is 0. The molecule has 2 saturated heterocycles. The molecule has 0 radical (unpaired) electrons. The zero-order valence-corrected chi connectivity index (χ0v) is 16.0. The predicted molar refractivity (Wildman–Crippen MR) is 95.9 cm³/mol. The van der Waals surface area contributed by atoms with Gasteiger partial charge in [0.2, 0.25) is 10.0 Å². The standard InChI is InChI=1S/C15H20N4O5S.ClH/c1-15(13(20)17-14(21)18-15)11-9-10(3-4-12(11)24-2)25(22,23)19-7-5-16-6-8-19;/h3-4,9,16H,5-8H2,1-2H3,(H2,17,18,20,21);1H. The average Bonchev–Trinajstić information content (AvgIpc) is 2.88. The third kappa shape index (κ3) is 3.37. The Hall–Kier alpha value is -1.88. The highest BCUT2D eigenvalue weighted by Gasteiger charge is 2.45. The van der Waals surface area contributed by atoms with Crippen molar-refractivity contribution in [3.05, 3.63) is 23.8 Å². The minimum atomic E-state index is -3.70. The molecule has 2 aliphatic heterocycles. The van der Waals surface area contributed by atoms with Crippen LogP contribution in [0.25, 0.3) is 0 Å². The fraction of sp³-hybridized carbons (Fsp3) is 0.467. The van der Waals surface area contributed by atoms with Gasteiger partial charge in [-0.05, 0) is 25.1 Å². The molecule has 3 N–H and O–H groups in total. The summed E-state index contributed by atoms with van der Waals surface area (Å²) in [7, 11) is -2.29. The van der Waals surface area contributed by atoms with Gasteiger partial charge < -0.3 is 15.4 Å². The molecule has 26 heavy (non-hydrogen) atoms. The van der Waals surface area contributed by atoms with Crippen LogP contribution in [0.3, 0.4) is 0 Å². The number of carbonyl (C=O) groups is 2. The largest absolute Gasteiger partial charge is 0.496 e. The van der Waals surface area contributed by atoms with E-state index in [0.29, 0.717) is 31.9 Å². The Balaban J connectivity index is 0.00000243. The number of amides is 3. The molecule has 2 aliphatic rings. The highest BCUT2D eigenvalue weighted by molar-refractivity contribution is 7.89. The highest BCUT2D eigenvalue weighted by Crippen LogP contribution is 2.34. The van der Waals surface area contributed by atoms with Gasteiger partial charge in [0.25, 0.3) is 5.91 Å². The van der Waals surface area contributed by atoms with Crippen molar-refractivity contribution in [3.63, 3.8) is 0 Å². The predicted octanol–water partition coefficient (Wildman–Crippen LogP) is -0.234. The molecule has 3 amide bonds. The number of nitrogens with one attached hydrogen (secondary N) is 3. The first-order valence-electron chi connectivity index (χ1n) is 7.82. The lowest BCUT2D eigenvalue weighted by molar-refractivity contribution is -0.123. The number of imide groups is 1. The SMILES string of the molecule is COc1ccc(S(=O)(=O)N2CCNCC2)cc1C1(C)NC(=O)NC1=O.Cl. The van der Waals surface area contributed by atoms with E-state index < -0.39 is 27.5 Å². The monoisotopic (exact) mass is 404 g/mol. The molecule has 2 fully saturated rings. The molecular weight excluding hydrogens is 384 g/mol. The maximum atomic E-state index is 12.9. The van der Waals surface area contributed by atoms with Crippen molar-refractivity contribution in [2.45, 2.75) is 17.4 Å². The Kier molecular flexibility index (Phi) is 5.81. The summed E-state index contributed by atoms with van der Waals surface area (Å²) in [4.78, 5) is 23.8. The molecule has 1 atom stereocenters. The molecule has 0 aliphatic carbocycles. The number of hydrogen-bond donors (Lipinski definition) is 3. The van der Waals surface area contributed by atoms with Gasteiger partial charge in [0.1, 0.15) is 11.3 Å². The van der Waals surface area contributed by atoms with Crippen molar-refractivity contribution in [1.82, 2.24) is 20.3 Å². The molecule has 144 valence electrons. The maximum absolute atomic E-state index is 12.9. The quantitative estimate of drug-likeness (QED) is 0.596. The number of halogens is 1. The second-order valence-electron chi connectivity index (χ2n) is 6.05. The lowest BCUT2D eigenvalue weighted by atomic mass is 9.91. The number of ether oxygens (including phenoxy) is 1. The molecule has 1 unspecified atom stereocenters. The summed E-state index contributed by atoms with van der Waals surface area (Å²) in [6, 6.07) is 3.69. The number of hydrogen-bond acceptors (Lipinski definition) is 6. The van der Waals surface area contributed by atoms with Crippen molar-refractivity contribution < 1.29 is 22.7 Å². The van der Waals surface area contributed by atoms with Gasteiger partial charge in [-0.2, -0.15) is 4.31 Å². The van der Waals surface area contributed by atoms with Crippen LogP contribution in [0.15, 0.2) is 23.1 Å². The number of benzene rings is 1. The topological polar surface area (TPSA) is 117 Å². The molecule has 0 aromatic heterocycles. The number of sulfonamides is 1. The van der Waals surface area contributed by atoms with Crippen molar-refractivity contribution in [2.24, 2.45) is 0 Å². The Morgan fingerprint density at radius 1 is 1.19 bits per heavy atom. The molecule has 0 saturated carbocycles. The molecule has 3 rings (SSSR count). The first kappa shape index (κ1) is 20.4. The van der Waals surface area contributed by atoms with E-state index in [1.54, 1.807) is 0 Å². The summed E-state index contributed by atoms with van der Waals surface area (Å²) < 4.78 is 32.4. The number of nitrogens with zero attached hydrogens (tertiary/aromatic N) is 1. The van der Waals surface area contributed by atoms with E-state index in [1.807, 2.05) is 0 Å². The maximum Gasteiger partial charge on any atom is 0.322 e. The number of methoxy groups -OCH3 is 1. The van der Waals surface area contributed by atoms with Crippen molar-refractivity contribution in [2.75, 3.05) is 33.3 Å². The van der Waals surface area contributed by atoms with E-state index in [2.05, 4.69) is 16.0 Å². The van der Waals surface area contributed by atoms with E-state index in [-0.39, 0.29) is 22.9 Å². The third-order valence-corrected chi connectivity index (χ3v) is 6.36. The van der Waals surface area contributed by atoms with Gasteiger partial charge in [-0.15, -0.1) is 12.4 Å². The summed E-state index contributed by atoms with van der Waals surface area (Å²) in [5.74, 6) is -0.244. The second-order valence-corrected chi connectivity index (χ2v) is 7.99.